The molecule has 1 aromatic heterocycles. The van der Waals surface area contributed by atoms with Crippen molar-refractivity contribution >= 4 is 5.91 Å². The first-order valence-corrected chi connectivity index (χ1v) is 9.32. The fourth-order valence-corrected chi connectivity index (χ4v) is 3.73. The molecular weight excluding hydrogens is 324 g/mol. The third-order valence-electron chi connectivity index (χ3n) is 5.10. The van der Waals surface area contributed by atoms with Crippen LogP contribution in [-0.4, -0.2) is 34.9 Å². The summed E-state index contributed by atoms with van der Waals surface area (Å²) in [5.41, 5.74) is 5.66. The predicted molar refractivity (Wildman–Crippen MR) is 103 cm³/mol. The summed E-state index contributed by atoms with van der Waals surface area (Å²) >= 11 is 0. The number of rotatable bonds is 5. The minimum atomic E-state index is -0.324. The normalized spacial score (nSPS) is 14.8. The zero-order valence-corrected chi connectivity index (χ0v) is 16.2. The van der Waals surface area contributed by atoms with Crippen LogP contribution in [-0.2, 0) is 24.2 Å². The number of likely N-dealkylation sites (N-methyl/N-ethyl adjacent to an activating group) is 1. The topological polar surface area (TPSA) is 58.1 Å². The van der Waals surface area contributed by atoms with E-state index in [1.165, 1.54) is 18.4 Å². The van der Waals surface area contributed by atoms with E-state index < -0.39 is 0 Å². The molecule has 26 heavy (non-hydrogen) atoms. The van der Waals surface area contributed by atoms with Gasteiger partial charge in [-0.25, -0.2) is 9.97 Å². The molecule has 5 heteroatoms. The van der Waals surface area contributed by atoms with E-state index in [4.69, 9.17) is 4.98 Å². The molecule has 0 unspecified atom stereocenters. The van der Waals surface area contributed by atoms with Gasteiger partial charge in [-0.15, -0.1) is 0 Å². The first kappa shape index (κ1) is 18.5. The van der Waals surface area contributed by atoms with E-state index >= 15 is 0 Å². The van der Waals surface area contributed by atoms with Crippen molar-refractivity contribution in [2.45, 2.75) is 52.1 Å². The minimum absolute atomic E-state index is 0.0247. The van der Waals surface area contributed by atoms with Crippen LogP contribution in [0.4, 0.5) is 0 Å². The first-order chi connectivity index (χ1) is 12.5. The second kappa shape index (κ2) is 7.96. The van der Waals surface area contributed by atoms with Gasteiger partial charge < -0.3 is 5.32 Å². The maximum absolute atomic E-state index is 12.9. The number of carbonyl (C=O) groups is 1. The molecule has 138 valence electrons. The largest absolute Gasteiger partial charge is 0.347 e. The molecule has 1 atom stereocenters. The van der Waals surface area contributed by atoms with E-state index in [2.05, 4.69) is 10.3 Å². The van der Waals surface area contributed by atoms with Crippen molar-refractivity contribution < 1.29 is 4.79 Å². The molecule has 1 heterocycles. The molecule has 0 saturated carbocycles. The van der Waals surface area contributed by atoms with Gasteiger partial charge in [-0.1, -0.05) is 24.3 Å². The average Bonchev–Trinajstić information content (AvgIpc) is 2.61. The highest BCUT2D eigenvalue weighted by Gasteiger charge is 2.24. The Morgan fingerprint density at radius 2 is 1.88 bits per heavy atom. The highest BCUT2D eigenvalue weighted by molar-refractivity contribution is 5.83. The van der Waals surface area contributed by atoms with E-state index in [0.717, 1.165) is 35.4 Å². The van der Waals surface area contributed by atoms with Crippen molar-refractivity contribution in [2.24, 2.45) is 0 Å². The van der Waals surface area contributed by atoms with Gasteiger partial charge in [-0.05, 0) is 70.3 Å². The van der Waals surface area contributed by atoms with Gasteiger partial charge in [-0.3, -0.25) is 9.69 Å². The molecule has 0 bridgehead atoms. The first-order valence-electron chi connectivity index (χ1n) is 9.32. The minimum Gasteiger partial charge on any atom is -0.347 e. The van der Waals surface area contributed by atoms with Gasteiger partial charge in [0.25, 0.3) is 0 Å². The molecule has 0 aliphatic heterocycles. The molecular formula is C21H28N4O. The number of aryl methyl sites for hydroxylation is 3. The highest BCUT2D eigenvalue weighted by Crippen LogP contribution is 2.23. The van der Waals surface area contributed by atoms with Crippen LogP contribution in [0.1, 0.15) is 52.8 Å². The van der Waals surface area contributed by atoms with Crippen LogP contribution < -0.4 is 5.32 Å². The summed E-state index contributed by atoms with van der Waals surface area (Å²) in [6.45, 7) is 4.45. The van der Waals surface area contributed by atoms with Gasteiger partial charge in [0, 0.05) is 11.4 Å². The summed E-state index contributed by atoms with van der Waals surface area (Å²) < 4.78 is 0. The Labute approximate surface area is 155 Å². The molecule has 1 amide bonds. The Morgan fingerprint density at radius 3 is 2.62 bits per heavy atom. The summed E-state index contributed by atoms with van der Waals surface area (Å²) in [4.78, 5) is 24.1. The lowest BCUT2D eigenvalue weighted by molar-refractivity contribution is -0.126. The maximum atomic E-state index is 12.9. The van der Waals surface area contributed by atoms with Gasteiger partial charge in [0.15, 0.2) is 0 Å². The van der Waals surface area contributed by atoms with Crippen molar-refractivity contribution in [3.63, 3.8) is 0 Å². The van der Waals surface area contributed by atoms with Crippen molar-refractivity contribution in [2.75, 3.05) is 14.1 Å². The molecule has 0 spiro atoms. The van der Waals surface area contributed by atoms with Gasteiger partial charge in [0.2, 0.25) is 5.91 Å². The molecule has 1 N–H and O–H groups in total. The Kier molecular flexibility index (Phi) is 5.67. The number of hydrogen-bond donors (Lipinski definition) is 1. The van der Waals surface area contributed by atoms with Crippen LogP contribution in [0, 0.1) is 13.8 Å². The molecule has 1 aliphatic carbocycles. The number of nitrogens with zero attached hydrogens (tertiary/aromatic N) is 3. The summed E-state index contributed by atoms with van der Waals surface area (Å²) in [6.07, 6.45) is 4.49. The van der Waals surface area contributed by atoms with Crippen LogP contribution in [0.3, 0.4) is 0 Å². The predicted octanol–water partition coefficient (Wildman–Crippen LogP) is 2.89. The number of carbonyl (C=O) groups excluding carboxylic acids is 1. The van der Waals surface area contributed by atoms with Crippen LogP contribution in [0.25, 0.3) is 0 Å². The van der Waals surface area contributed by atoms with E-state index in [0.29, 0.717) is 12.4 Å². The number of aromatic nitrogens is 2. The van der Waals surface area contributed by atoms with E-state index in [9.17, 15) is 4.79 Å². The highest BCUT2D eigenvalue weighted by atomic mass is 16.2. The molecule has 0 saturated heterocycles. The smallest absolute Gasteiger partial charge is 0.242 e. The standard InChI is InChI=1S/C21H28N4O/c1-14-9-5-6-10-16(14)20(25(3)4)21(26)22-13-19-23-15(2)17-11-7-8-12-18(17)24-19/h5-6,9-10,20H,7-8,11-13H2,1-4H3,(H,22,26)/t20-/m0/s1. The number of nitrogens with one attached hydrogen (secondary N) is 1. The SMILES string of the molecule is Cc1ccccc1[C@@H](C(=O)NCc1nc(C)c2c(n1)CCCC2)N(C)C. The molecule has 1 aromatic carbocycles. The Balaban J connectivity index is 1.75. The Morgan fingerprint density at radius 1 is 1.15 bits per heavy atom. The summed E-state index contributed by atoms with van der Waals surface area (Å²) in [6, 6.07) is 7.69. The van der Waals surface area contributed by atoms with Gasteiger partial charge in [-0.2, -0.15) is 0 Å². The molecule has 0 fully saturated rings. The van der Waals surface area contributed by atoms with E-state index in [1.807, 2.05) is 57.1 Å². The second-order valence-electron chi connectivity index (χ2n) is 7.30. The van der Waals surface area contributed by atoms with Crippen LogP contribution in [0.5, 0.6) is 0 Å². The quantitative estimate of drug-likeness (QED) is 0.899. The zero-order chi connectivity index (χ0) is 18.7. The number of hydrogen-bond acceptors (Lipinski definition) is 4. The van der Waals surface area contributed by atoms with Gasteiger partial charge in [0.1, 0.15) is 11.9 Å². The van der Waals surface area contributed by atoms with E-state index in [-0.39, 0.29) is 11.9 Å². The molecule has 2 aromatic rings. The third-order valence-corrected chi connectivity index (χ3v) is 5.10. The third kappa shape index (κ3) is 3.93. The van der Waals surface area contributed by atoms with Crippen LogP contribution >= 0.6 is 0 Å². The summed E-state index contributed by atoms with van der Waals surface area (Å²) in [7, 11) is 3.85. The van der Waals surface area contributed by atoms with Crippen molar-refractivity contribution in [3.05, 3.63) is 58.2 Å². The molecule has 5 nitrogen and oxygen atoms in total. The van der Waals surface area contributed by atoms with Crippen LogP contribution in [0.15, 0.2) is 24.3 Å². The lowest BCUT2D eigenvalue weighted by Crippen LogP contribution is -2.37. The average molecular weight is 352 g/mol. The monoisotopic (exact) mass is 352 g/mol. The zero-order valence-electron chi connectivity index (χ0n) is 16.2. The lowest BCUT2D eigenvalue weighted by Gasteiger charge is -2.25. The Bertz CT molecular complexity index is 801. The maximum Gasteiger partial charge on any atom is 0.242 e. The summed E-state index contributed by atoms with van der Waals surface area (Å²) in [5.74, 6) is 0.682. The van der Waals surface area contributed by atoms with Crippen molar-refractivity contribution in [3.8, 4) is 0 Å². The number of fused-ring (bicyclic) bond motifs is 1. The fraction of sp³-hybridized carbons (Fsp3) is 0.476. The van der Waals surface area contributed by atoms with Crippen LogP contribution in [0.2, 0.25) is 0 Å². The fourth-order valence-electron chi connectivity index (χ4n) is 3.73. The second-order valence-corrected chi connectivity index (χ2v) is 7.30. The molecule has 1 aliphatic rings. The molecule has 0 radical (unpaired) electrons. The number of benzene rings is 1. The van der Waals surface area contributed by atoms with Crippen molar-refractivity contribution in [1.82, 2.24) is 20.2 Å². The molecule has 3 rings (SSSR count). The van der Waals surface area contributed by atoms with E-state index in [1.54, 1.807) is 0 Å². The lowest BCUT2D eigenvalue weighted by atomic mass is 9.95. The van der Waals surface area contributed by atoms with Gasteiger partial charge in [0.05, 0.1) is 6.54 Å². The Hall–Kier alpha value is -2.27. The van der Waals surface area contributed by atoms with Crippen molar-refractivity contribution in [1.29, 1.82) is 0 Å². The van der Waals surface area contributed by atoms with Gasteiger partial charge >= 0.3 is 0 Å². The number of amides is 1. The summed E-state index contributed by atoms with van der Waals surface area (Å²) in [5, 5.41) is 3.03.